The zero-order valence-electron chi connectivity index (χ0n) is 11.0. The van der Waals surface area contributed by atoms with Gasteiger partial charge in [-0.25, -0.2) is 0 Å². The van der Waals surface area contributed by atoms with E-state index in [1.54, 1.807) is 0 Å². The van der Waals surface area contributed by atoms with E-state index in [-0.39, 0.29) is 6.61 Å². The van der Waals surface area contributed by atoms with Gasteiger partial charge in [0.25, 0.3) is 0 Å². The summed E-state index contributed by atoms with van der Waals surface area (Å²) in [5.74, 6) is 1.38. The Hall–Kier alpha value is -0.360. The van der Waals surface area contributed by atoms with Crippen LogP contribution in [0.2, 0.25) is 0 Å². The quantitative estimate of drug-likeness (QED) is 0.919. The lowest BCUT2D eigenvalue weighted by Gasteiger charge is -2.40. The molecule has 1 aliphatic heterocycles. The summed E-state index contributed by atoms with van der Waals surface area (Å²) in [4.78, 5) is 4.60. The summed E-state index contributed by atoms with van der Waals surface area (Å²) < 4.78 is 6.33. The van der Waals surface area contributed by atoms with Crippen LogP contribution >= 0.6 is 15.9 Å². The summed E-state index contributed by atoms with van der Waals surface area (Å²) in [5, 5.41) is 9.42. The highest BCUT2D eigenvalue weighted by atomic mass is 79.9. The summed E-state index contributed by atoms with van der Waals surface area (Å²) >= 11 is 3.33. The fourth-order valence-electron chi connectivity index (χ4n) is 2.64. The van der Waals surface area contributed by atoms with E-state index >= 15 is 0 Å². The van der Waals surface area contributed by atoms with E-state index in [4.69, 9.17) is 4.42 Å². The third-order valence-corrected chi connectivity index (χ3v) is 4.14. The molecule has 0 saturated carbocycles. The molecule has 0 aromatic carbocycles. The summed E-state index contributed by atoms with van der Waals surface area (Å²) in [5.41, 5.74) is 0. The third kappa shape index (κ3) is 3.35. The summed E-state index contributed by atoms with van der Waals surface area (Å²) in [6.45, 7) is 3.13. The van der Waals surface area contributed by atoms with Crippen molar-refractivity contribution in [3.63, 3.8) is 0 Å². The van der Waals surface area contributed by atoms with E-state index in [0.717, 1.165) is 36.5 Å². The average Bonchev–Trinajstić information content (AvgIpc) is 2.74. The number of likely N-dealkylation sites (tertiary alicyclic amines) is 1. The van der Waals surface area contributed by atoms with E-state index in [1.807, 2.05) is 12.1 Å². The van der Waals surface area contributed by atoms with Crippen molar-refractivity contribution < 1.29 is 9.52 Å². The minimum Gasteiger partial charge on any atom is -0.453 e. The highest BCUT2D eigenvalue weighted by Gasteiger charge is 2.30. The summed E-state index contributed by atoms with van der Waals surface area (Å²) in [6, 6.07) is 4.36. The topological polar surface area (TPSA) is 39.9 Å². The van der Waals surface area contributed by atoms with Crippen molar-refractivity contribution >= 4 is 15.9 Å². The average molecular weight is 317 g/mol. The first-order valence-electron chi connectivity index (χ1n) is 6.34. The molecule has 4 nitrogen and oxygen atoms in total. The van der Waals surface area contributed by atoms with Crippen LogP contribution < -0.4 is 0 Å². The second-order valence-electron chi connectivity index (χ2n) is 5.20. The minimum atomic E-state index is 0.281. The minimum absolute atomic E-state index is 0.281. The number of rotatable bonds is 4. The van der Waals surface area contributed by atoms with Gasteiger partial charge >= 0.3 is 0 Å². The van der Waals surface area contributed by atoms with E-state index in [0.29, 0.717) is 12.0 Å². The van der Waals surface area contributed by atoms with Gasteiger partial charge in [-0.3, -0.25) is 4.90 Å². The highest BCUT2D eigenvalue weighted by Crippen LogP contribution is 2.23. The molecule has 1 aromatic rings. The van der Waals surface area contributed by atoms with E-state index < -0.39 is 0 Å². The summed E-state index contributed by atoms with van der Waals surface area (Å²) in [7, 11) is 4.17. The monoisotopic (exact) mass is 316 g/mol. The smallest absolute Gasteiger partial charge is 0.169 e. The molecule has 0 aliphatic carbocycles. The van der Waals surface area contributed by atoms with Crippen molar-refractivity contribution in [2.45, 2.75) is 19.0 Å². The largest absolute Gasteiger partial charge is 0.453 e. The first-order valence-corrected chi connectivity index (χ1v) is 7.13. The third-order valence-electron chi connectivity index (χ3n) is 3.71. The molecule has 5 heteroatoms. The number of furan rings is 1. The molecule has 1 aliphatic rings. The van der Waals surface area contributed by atoms with Crippen molar-refractivity contribution in [1.82, 2.24) is 9.80 Å². The second kappa shape index (κ2) is 6.19. The van der Waals surface area contributed by atoms with Gasteiger partial charge in [0.05, 0.1) is 6.54 Å². The molecule has 1 fully saturated rings. The molecule has 2 heterocycles. The van der Waals surface area contributed by atoms with Crippen molar-refractivity contribution in [3.8, 4) is 0 Å². The first-order chi connectivity index (χ1) is 8.60. The van der Waals surface area contributed by atoms with Crippen LogP contribution in [0.5, 0.6) is 0 Å². The number of nitrogens with zero attached hydrogens (tertiary/aromatic N) is 2. The second-order valence-corrected chi connectivity index (χ2v) is 5.98. The number of aliphatic hydroxyl groups excluding tert-OH is 1. The Kier molecular flexibility index (Phi) is 4.84. The molecule has 2 rings (SSSR count). The van der Waals surface area contributed by atoms with Crippen LogP contribution in [-0.4, -0.2) is 54.7 Å². The Morgan fingerprint density at radius 2 is 2.28 bits per heavy atom. The molecular weight excluding hydrogens is 296 g/mol. The fraction of sp³-hybridized carbons (Fsp3) is 0.692. The van der Waals surface area contributed by atoms with Crippen LogP contribution in [0.4, 0.5) is 0 Å². The first kappa shape index (κ1) is 14.1. The van der Waals surface area contributed by atoms with Gasteiger partial charge in [0.2, 0.25) is 0 Å². The molecule has 0 amide bonds. The lowest BCUT2D eigenvalue weighted by Crippen LogP contribution is -2.51. The molecule has 102 valence electrons. The number of halogens is 1. The Labute approximate surface area is 117 Å². The van der Waals surface area contributed by atoms with Gasteiger partial charge in [-0.05, 0) is 61.0 Å². The normalized spacial score (nSPS) is 25.8. The zero-order chi connectivity index (χ0) is 13.1. The molecular formula is C13H21BrN2O2. The van der Waals surface area contributed by atoms with Gasteiger partial charge in [-0.15, -0.1) is 0 Å². The van der Waals surface area contributed by atoms with Gasteiger partial charge in [0.15, 0.2) is 4.67 Å². The standard InChI is InChI=1S/C13H21BrN2O2/c1-15(2)12-8-16(6-5-10(12)9-17)7-11-3-4-13(14)18-11/h3-4,10,12,17H,5-9H2,1-2H3/t10-,12-/m1/s1. The molecule has 1 N–H and O–H groups in total. The number of hydrogen-bond donors (Lipinski definition) is 1. The maximum absolute atomic E-state index is 9.42. The number of piperidine rings is 1. The van der Waals surface area contributed by atoms with Crippen LogP contribution in [-0.2, 0) is 6.54 Å². The van der Waals surface area contributed by atoms with Crippen LogP contribution in [0.1, 0.15) is 12.2 Å². The maximum atomic E-state index is 9.42. The molecule has 2 atom stereocenters. The van der Waals surface area contributed by atoms with Crippen LogP contribution in [0.25, 0.3) is 0 Å². The lowest BCUT2D eigenvalue weighted by atomic mass is 9.91. The highest BCUT2D eigenvalue weighted by molar-refractivity contribution is 9.10. The van der Waals surface area contributed by atoms with Gasteiger partial charge in [0, 0.05) is 19.2 Å². The SMILES string of the molecule is CN(C)[C@@H]1CN(Cc2ccc(Br)o2)CC[C@@H]1CO. The molecule has 0 unspecified atom stereocenters. The van der Waals surface area contributed by atoms with Crippen molar-refractivity contribution in [3.05, 3.63) is 22.6 Å². The summed E-state index contributed by atoms with van der Waals surface area (Å²) in [6.07, 6.45) is 1.04. The number of likely N-dealkylation sites (N-methyl/N-ethyl adjacent to an activating group) is 1. The lowest BCUT2D eigenvalue weighted by molar-refractivity contribution is 0.0432. The Bertz CT molecular complexity index is 381. The molecule has 18 heavy (non-hydrogen) atoms. The molecule has 1 aromatic heterocycles. The van der Waals surface area contributed by atoms with Crippen molar-refractivity contribution in [1.29, 1.82) is 0 Å². The van der Waals surface area contributed by atoms with Crippen molar-refractivity contribution in [2.75, 3.05) is 33.8 Å². The molecule has 0 bridgehead atoms. The van der Waals surface area contributed by atoms with Gasteiger partial charge in [0.1, 0.15) is 5.76 Å². The van der Waals surface area contributed by atoms with E-state index in [9.17, 15) is 5.11 Å². The van der Waals surface area contributed by atoms with Gasteiger partial charge in [-0.1, -0.05) is 0 Å². The zero-order valence-corrected chi connectivity index (χ0v) is 12.6. The molecule has 1 saturated heterocycles. The van der Waals surface area contributed by atoms with E-state index in [1.165, 1.54) is 0 Å². The van der Waals surface area contributed by atoms with Crippen LogP contribution in [0, 0.1) is 5.92 Å². The fourth-order valence-corrected chi connectivity index (χ4v) is 2.98. The Morgan fingerprint density at radius 3 is 2.83 bits per heavy atom. The maximum Gasteiger partial charge on any atom is 0.169 e. The van der Waals surface area contributed by atoms with Crippen LogP contribution in [0.3, 0.4) is 0 Å². The van der Waals surface area contributed by atoms with Gasteiger partial charge in [-0.2, -0.15) is 0 Å². The van der Waals surface area contributed by atoms with Gasteiger partial charge < -0.3 is 14.4 Å². The van der Waals surface area contributed by atoms with Crippen LogP contribution in [0.15, 0.2) is 21.2 Å². The Balaban J connectivity index is 1.95. The predicted octanol–water partition coefficient (Wildman–Crippen LogP) is 1.79. The molecule has 0 spiro atoms. The number of aliphatic hydroxyl groups is 1. The molecule has 0 radical (unpaired) electrons. The van der Waals surface area contributed by atoms with Crippen molar-refractivity contribution in [2.24, 2.45) is 5.92 Å². The van der Waals surface area contributed by atoms with E-state index in [2.05, 4.69) is 39.8 Å². The predicted molar refractivity (Wildman–Crippen MR) is 74.4 cm³/mol. The Morgan fingerprint density at radius 1 is 1.50 bits per heavy atom. The number of hydrogen-bond acceptors (Lipinski definition) is 4.